The van der Waals surface area contributed by atoms with Crippen LogP contribution in [0.15, 0.2) is 39.8 Å². The Hall–Kier alpha value is -1.73. The van der Waals surface area contributed by atoms with Crippen molar-refractivity contribution in [3.63, 3.8) is 0 Å². The van der Waals surface area contributed by atoms with Crippen LogP contribution in [0.3, 0.4) is 0 Å². The molecule has 3 rings (SSSR count). The molecule has 0 spiro atoms. The van der Waals surface area contributed by atoms with Gasteiger partial charge in [-0.15, -0.1) is 0 Å². The fourth-order valence-electron chi connectivity index (χ4n) is 2.88. The molecule has 0 saturated carbocycles. The average molecular weight is 349 g/mol. The first kappa shape index (κ1) is 17.1. The number of sulfonamides is 1. The summed E-state index contributed by atoms with van der Waals surface area (Å²) in [5.74, 6) is 1.80. The van der Waals surface area contributed by atoms with Gasteiger partial charge in [0, 0.05) is 24.9 Å². The minimum Gasteiger partial charge on any atom is -0.339 e. The van der Waals surface area contributed by atoms with Crippen LogP contribution in [0, 0.1) is 0 Å². The summed E-state index contributed by atoms with van der Waals surface area (Å²) in [6, 6.07) is 8.58. The quantitative estimate of drug-likeness (QED) is 0.829. The lowest BCUT2D eigenvalue weighted by Gasteiger charge is -2.29. The third-order valence-corrected chi connectivity index (χ3v) is 6.61. The maximum absolute atomic E-state index is 12.6. The van der Waals surface area contributed by atoms with Crippen molar-refractivity contribution >= 4 is 10.0 Å². The van der Waals surface area contributed by atoms with Crippen molar-refractivity contribution in [1.29, 1.82) is 0 Å². The van der Waals surface area contributed by atoms with Crippen molar-refractivity contribution in [2.45, 2.75) is 49.8 Å². The zero-order valence-corrected chi connectivity index (χ0v) is 14.9. The molecule has 1 saturated heterocycles. The number of hydrogen-bond donors (Lipinski definition) is 0. The van der Waals surface area contributed by atoms with Crippen LogP contribution < -0.4 is 0 Å². The largest absolute Gasteiger partial charge is 0.339 e. The molecule has 1 fully saturated rings. The molecule has 0 radical (unpaired) electrons. The van der Waals surface area contributed by atoms with E-state index in [9.17, 15) is 8.42 Å². The van der Waals surface area contributed by atoms with Gasteiger partial charge in [0.05, 0.1) is 4.90 Å². The standard InChI is InChI=1S/C17H23N3O3S/c1-3-13(2)16-18-17(23-19-16)14-9-11-20(12-10-14)24(21,22)15-7-5-4-6-8-15/h4-8,13-14H,3,9-12H2,1-2H3/t13-/m1/s1. The Labute approximate surface area is 142 Å². The summed E-state index contributed by atoms with van der Waals surface area (Å²) < 4.78 is 32.2. The van der Waals surface area contributed by atoms with E-state index in [1.165, 1.54) is 0 Å². The van der Waals surface area contributed by atoms with Gasteiger partial charge in [0.2, 0.25) is 15.9 Å². The zero-order valence-electron chi connectivity index (χ0n) is 14.1. The number of rotatable bonds is 5. The first-order valence-electron chi connectivity index (χ1n) is 8.41. The molecule has 0 aliphatic carbocycles. The van der Waals surface area contributed by atoms with Crippen LogP contribution in [-0.2, 0) is 10.0 Å². The van der Waals surface area contributed by atoms with Gasteiger partial charge in [0.15, 0.2) is 5.82 Å². The minimum atomic E-state index is -3.41. The number of aromatic nitrogens is 2. The second-order valence-corrected chi connectivity index (χ2v) is 8.23. The zero-order chi connectivity index (χ0) is 17.2. The topological polar surface area (TPSA) is 76.3 Å². The number of piperidine rings is 1. The van der Waals surface area contributed by atoms with E-state index in [1.54, 1.807) is 28.6 Å². The molecular formula is C17H23N3O3S. The average Bonchev–Trinajstić information content (AvgIpc) is 3.12. The van der Waals surface area contributed by atoms with E-state index < -0.39 is 10.0 Å². The van der Waals surface area contributed by atoms with Crippen molar-refractivity contribution in [1.82, 2.24) is 14.4 Å². The van der Waals surface area contributed by atoms with Gasteiger partial charge < -0.3 is 4.52 Å². The molecule has 0 bridgehead atoms. The Bertz CT molecular complexity index is 765. The monoisotopic (exact) mass is 349 g/mol. The molecule has 0 N–H and O–H groups in total. The summed E-state index contributed by atoms with van der Waals surface area (Å²) in [5.41, 5.74) is 0. The Morgan fingerprint density at radius 1 is 1.25 bits per heavy atom. The van der Waals surface area contributed by atoms with E-state index in [2.05, 4.69) is 24.0 Å². The van der Waals surface area contributed by atoms with Crippen LogP contribution >= 0.6 is 0 Å². The van der Waals surface area contributed by atoms with E-state index in [1.807, 2.05) is 6.07 Å². The van der Waals surface area contributed by atoms with E-state index in [0.29, 0.717) is 36.7 Å². The van der Waals surface area contributed by atoms with Crippen molar-refractivity contribution in [3.8, 4) is 0 Å². The smallest absolute Gasteiger partial charge is 0.243 e. The molecule has 1 aromatic heterocycles. The predicted molar refractivity (Wildman–Crippen MR) is 90.2 cm³/mol. The summed E-state index contributed by atoms with van der Waals surface area (Å²) in [4.78, 5) is 4.85. The molecule has 1 atom stereocenters. The van der Waals surface area contributed by atoms with Crippen molar-refractivity contribution in [2.24, 2.45) is 0 Å². The third kappa shape index (κ3) is 3.37. The van der Waals surface area contributed by atoms with Gasteiger partial charge in [-0.05, 0) is 31.4 Å². The van der Waals surface area contributed by atoms with Crippen LogP contribution in [0.1, 0.15) is 56.7 Å². The van der Waals surface area contributed by atoms with Crippen LogP contribution in [0.2, 0.25) is 0 Å². The maximum atomic E-state index is 12.6. The van der Waals surface area contributed by atoms with Crippen LogP contribution in [0.4, 0.5) is 0 Å². The highest BCUT2D eigenvalue weighted by Crippen LogP contribution is 2.30. The van der Waals surface area contributed by atoms with Crippen LogP contribution in [0.25, 0.3) is 0 Å². The molecule has 0 unspecified atom stereocenters. The van der Waals surface area contributed by atoms with E-state index in [0.717, 1.165) is 12.2 Å². The Morgan fingerprint density at radius 3 is 2.54 bits per heavy atom. The number of nitrogens with zero attached hydrogens (tertiary/aromatic N) is 3. The van der Waals surface area contributed by atoms with Crippen LogP contribution in [-0.4, -0.2) is 36.0 Å². The highest BCUT2D eigenvalue weighted by atomic mass is 32.2. The van der Waals surface area contributed by atoms with Crippen molar-refractivity contribution < 1.29 is 12.9 Å². The maximum Gasteiger partial charge on any atom is 0.243 e. The minimum absolute atomic E-state index is 0.137. The lowest BCUT2D eigenvalue weighted by Crippen LogP contribution is -2.37. The van der Waals surface area contributed by atoms with Crippen LogP contribution in [0.5, 0.6) is 0 Å². The van der Waals surface area contributed by atoms with E-state index >= 15 is 0 Å². The lowest BCUT2D eigenvalue weighted by atomic mass is 9.98. The molecule has 7 heteroatoms. The van der Waals surface area contributed by atoms with Gasteiger partial charge in [-0.3, -0.25) is 0 Å². The summed E-state index contributed by atoms with van der Waals surface area (Å²) in [6.45, 7) is 5.11. The molecule has 2 heterocycles. The van der Waals surface area contributed by atoms with E-state index in [4.69, 9.17) is 4.52 Å². The highest BCUT2D eigenvalue weighted by Gasteiger charge is 2.32. The predicted octanol–water partition coefficient (Wildman–Crippen LogP) is 3.15. The fourth-order valence-corrected chi connectivity index (χ4v) is 4.37. The first-order chi connectivity index (χ1) is 11.5. The summed E-state index contributed by atoms with van der Waals surface area (Å²) in [6.07, 6.45) is 2.37. The second-order valence-electron chi connectivity index (χ2n) is 6.29. The third-order valence-electron chi connectivity index (χ3n) is 4.69. The molecule has 130 valence electrons. The summed E-state index contributed by atoms with van der Waals surface area (Å²) in [5, 5.41) is 4.06. The molecule has 24 heavy (non-hydrogen) atoms. The fraction of sp³-hybridized carbons (Fsp3) is 0.529. The normalized spacial score (nSPS) is 18.6. The molecule has 1 aliphatic heterocycles. The Balaban J connectivity index is 1.67. The molecule has 1 aromatic carbocycles. The molecule has 1 aliphatic rings. The first-order valence-corrected chi connectivity index (χ1v) is 9.85. The Kier molecular flexibility index (Phi) is 5.01. The SMILES string of the molecule is CC[C@@H](C)c1noc(C2CCN(S(=O)(=O)c3ccccc3)CC2)n1. The molecule has 0 amide bonds. The van der Waals surface area contributed by atoms with Gasteiger partial charge in [-0.25, -0.2) is 8.42 Å². The van der Waals surface area contributed by atoms with Gasteiger partial charge in [0.25, 0.3) is 0 Å². The van der Waals surface area contributed by atoms with Gasteiger partial charge in [0.1, 0.15) is 0 Å². The number of hydrogen-bond acceptors (Lipinski definition) is 5. The Morgan fingerprint density at radius 2 is 1.92 bits per heavy atom. The second kappa shape index (κ2) is 7.03. The summed E-state index contributed by atoms with van der Waals surface area (Å²) in [7, 11) is -3.41. The van der Waals surface area contributed by atoms with Gasteiger partial charge in [-0.1, -0.05) is 37.2 Å². The van der Waals surface area contributed by atoms with Crippen molar-refractivity contribution in [2.75, 3.05) is 13.1 Å². The number of benzene rings is 1. The molecule has 6 nitrogen and oxygen atoms in total. The lowest BCUT2D eigenvalue weighted by molar-refractivity contribution is 0.270. The highest BCUT2D eigenvalue weighted by molar-refractivity contribution is 7.89. The summed E-state index contributed by atoms with van der Waals surface area (Å²) >= 11 is 0. The van der Waals surface area contributed by atoms with Gasteiger partial charge in [-0.2, -0.15) is 9.29 Å². The molecule has 2 aromatic rings. The van der Waals surface area contributed by atoms with Gasteiger partial charge >= 0.3 is 0 Å². The molecular weight excluding hydrogens is 326 g/mol. The van der Waals surface area contributed by atoms with Crippen molar-refractivity contribution in [3.05, 3.63) is 42.0 Å². The van der Waals surface area contributed by atoms with E-state index in [-0.39, 0.29) is 11.8 Å².